The molecule has 1 aromatic rings. The first-order valence-corrected chi connectivity index (χ1v) is 11.9. The summed E-state index contributed by atoms with van der Waals surface area (Å²) in [6, 6.07) is 4.25. The number of hydrogen-bond donors (Lipinski definition) is 2. The number of phenolic OH excluding ortho intramolecular Hbond substituents is 1. The minimum atomic E-state index is -0.861. The van der Waals surface area contributed by atoms with Gasteiger partial charge < -0.3 is 24.6 Å². The van der Waals surface area contributed by atoms with Crippen LogP contribution < -0.4 is 4.74 Å². The summed E-state index contributed by atoms with van der Waals surface area (Å²) in [4.78, 5) is 2.51. The Balaban J connectivity index is 1.77. The Labute approximate surface area is 186 Å². The van der Waals surface area contributed by atoms with Crippen molar-refractivity contribution in [3.63, 3.8) is 0 Å². The molecule has 2 N–H and O–H groups in total. The quantitative estimate of drug-likeness (QED) is 0.674. The number of hydrogen-bond acceptors (Lipinski definition) is 5. The van der Waals surface area contributed by atoms with Gasteiger partial charge in [-0.2, -0.15) is 0 Å². The fraction of sp³-hybridized carbons (Fsp3) is 0.692. The highest BCUT2D eigenvalue weighted by Gasteiger charge is 2.74. The molecule has 2 bridgehead atoms. The lowest BCUT2D eigenvalue weighted by Gasteiger charge is -2.66. The van der Waals surface area contributed by atoms with Crippen LogP contribution in [0.2, 0.25) is 0 Å². The van der Waals surface area contributed by atoms with Crippen LogP contribution in [0.1, 0.15) is 64.0 Å². The number of phenols is 1. The summed E-state index contributed by atoms with van der Waals surface area (Å²) in [6.07, 6.45) is 9.32. The van der Waals surface area contributed by atoms with Gasteiger partial charge in [0, 0.05) is 30.6 Å². The van der Waals surface area contributed by atoms with Gasteiger partial charge in [0.2, 0.25) is 0 Å². The van der Waals surface area contributed by atoms with Crippen molar-refractivity contribution in [1.82, 2.24) is 4.90 Å². The second-order valence-electron chi connectivity index (χ2n) is 10.7. The highest BCUT2D eigenvalue weighted by Crippen LogP contribution is 2.70. The largest absolute Gasteiger partial charge is 0.504 e. The van der Waals surface area contributed by atoms with Crippen molar-refractivity contribution < 1.29 is 19.7 Å². The molecule has 4 aliphatic rings. The maximum atomic E-state index is 11.2. The summed E-state index contributed by atoms with van der Waals surface area (Å²) in [5.41, 5.74) is 0.516. The molecule has 5 unspecified atom stereocenters. The molecule has 2 aliphatic carbocycles. The lowest BCUT2D eigenvalue weighted by molar-refractivity contribution is -0.168. The molecule has 2 heterocycles. The number of methoxy groups -OCH3 is 1. The number of ether oxygens (including phenoxy) is 2. The van der Waals surface area contributed by atoms with Gasteiger partial charge in [-0.05, 0) is 57.8 Å². The third kappa shape index (κ3) is 2.49. The van der Waals surface area contributed by atoms with Crippen molar-refractivity contribution in [3.8, 4) is 11.5 Å². The van der Waals surface area contributed by atoms with Crippen molar-refractivity contribution in [3.05, 3.63) is 35.4 Å². The monoisotopic (exact) mass is 427 g/mol. The molecule has 5 rings (SSSR count). The molecule has 5 heteroatoms. The van der Waals surface area contributed by atoms with Gasteiger partial charge in [-0.15, -0.1) is 0 Å². The number of aromatic hydroxyl groups is 1. The number of rotatable bonds is 6. The third-order valence-electron chi connectivity index (χ3n) is 9.10. The van der Waals surface area contributed by atoms with E-state index in [4.69, 9.17) is 9.47 Å². The highest BCUT2D eigenvalue weighted by molar-refractivity contribution is 5.64. The normalized spacial score (nSPS) is 39.7. The second-order valence-corrected chi connectivity index (χ2v) is 10.7. The number of aliphatic hydroxyl groups is 1. The zero-order valence-electron chi connectivity index (χ0n) is 19.6. The zero-order chi connectivity index (χ0) is 22.2. The summed E-state index contributed by atoms with van der Waals surface area (Å²) in [5.74, 6) is 0.860. The van der Waals surface area contributed by atoms with Crippen molar-refractivity contribution in [2.75, 3.05) is 20.7 Å². The number of likely N-dealkylation sites (tertiary alicyclic amines) is 1. The molecule has 0 radical (unpaired) electrons. The maximum Gasteiger partial charge on any atom is 0.165 e. The van der Waals surface area contributed by atoms with E-state index in [1.165, 1.54) is 11.1 Å². The standard InChI is InChI=1S/C26H37NO4/c1-6-10-23(3,29)16-25(30-5)12-11-24(7-2)19-15-17-8-9-18(28)21-20(17)26(24,22(25)31-21)13-14-27(19)4/h8-9,11-12,19,22,28-29H,6-7,10,13-16H2,1-5H3/t19-,22?,23?,24?,25?,26?/m1/s1. The Hall–Kier alpha value is -1.56. The van der Waals surface area contributed by atoms with Crippen molar-refractivity contribution in [2.45, 2.75) is 88.1 Å². The molecule has 1 aromatic carbocycles. The lowest BCUT2D eigenvalue weighted by Crippen LogP contribution is -2.74. The Morgan fingerprint density at radius 2 is 2.06 bits per heavy atom. The third-order valence-corrected chi connectivity index (χ3v) is 9.10. The Morgan fingerprint density at radius 3 is 2.74 bits per heavy atom. The molecule has 1 fully saturated rings. The van der Waals surface area contributed by atoms with E-state index in [1.54, 1.807) is 13.2 Å². The first-order valence-electron chi connectivity index (χ1n) is 11.9. The average molecular weight is 428 g/mol. The van der Waals surface area contributed by atoms with Crippen LogP contribution in [0.15, 0.2) is 24.3 Å². The number of benzene rings is 1. The van der Waals surface area contributed by atoms with Crippen molar-refractivity contribution in [2.24, 2.45) is 5.41 Å². The molecule has 5 nitrogen and oxygen atoms in total. The molecule has 1 saturated heterocycles. The molecule has 0 aromatic heterocycles. The summed E-state index contributed by atoms with van der Waals surface area (Å²) in [7, 11) is 3.98. The minimum Gasteiger partial charge on any atom is -0.504 e. The molecule has 1 spiro atoms. The van der Waals surface area contributed by atoms with E-state index in [1.807, 2.05) is 6.92 Å². The van der Waals surface area contributed by atoms with Crippen LogP contribution in [0.5, 0.6) is 11.5 Å². The van der Waals surface area contributed by atoms with Crippen LogP contribution in [0.25, 0.3) is 0 Å². The molecular formula is C26H37NO4. The minimum absolute atomic E-state index is 0.0879. The molecule has 6 atom stereocenters. The van der Waals surface area contributed by atoms with E-state index in [-0.39, 0.29) is 22.7 Å². The van der Waals surface area contributed by atoms with Gasteiger partial charge in [0.25, 0.3) is 0 Å². The number of likely N-dealkylation sites (N-methyl/N-ethyl adjacent to an activating group) is 1. The van der Waals surface area contributed by atoms with Crippen LogP contribution in [0.4, 0.5) is 0 Å². The van der Waals surface area contributed by atoms with Gasteiger partial charge in [0.15, 0.2) is 11.5 Å². The van der Waals surface area contributed by atoms with E-state index >= 15 is 0 Å². The predicted molar refractivity (Wildman–Crippen MR) is 121 cm³/mol. The van der Waals surface area contributed by atoms with Crippen LogP contribution in [0, 0.1) is 5.41 Å². The van der Waals surface area contributed by atoms with Crippen LogP contribution in [-0.4, -0.2) is 59.2 Å². The summed E-state index contributed by atoms with van der Waals surface area (Å²) in [5, 5.41) is 22.1. The van der Waals surface area contributed by atoms with Crippen molar-refractivity contribution >= 4 is 0 Å². The second kappa shape index (κ2) is 6.72. The van der Waals surface area contributed by atoms with Crippen LogP contribution >= 0.6 is 0 Å². The van der Waals surface area contributed by atoms with Gasteiger partial charge in [-0.25, -0.2) is 0 Å². The summed E-state index contributed by atoms with van der Waals surface area (Å²) in [6.45, 7) is 7.28. The number of nitrogens with zero attached hydrogens (tertiary/aromatic N) is 1. The van der Waals surface area contributed by atoms with Gasteiger partial charge in [0.05, 0.1) is 11.0 Å². The van der Waals surface area contributed by atoms with Crippen LogP contribution in [0.3, 0.4) is 0 Å². The van der Waals surface area contributed by atoms with Gasteiger partial charge >= 0.3 is 0 Å². The first-order chi connectivity index (χ1) is 14.7. The average Bonchev–Trinajstić information content (AvgIpc) is 3.10. The zero-order valence-corrected chi connectivity index (χ0v) is 19.6. The topological polar surface area (TPSA) is 62.2 Å². The van der Waals surface area contributed by atoms with E-state index in [9.17, 15) is 10.2 Å². The van der Waals surface area contributed by atoms with E-state index in [0.717, 1.165) is 32.2 Å². The predicted octanol–water partition coefficient (Wildman–Crippen LogP) is 3.94. The van der Waals surface area contributed by atoms with E-state index in [0.29, 0.717) is 24.6 Å². The molecule has 0 saturated carbocycles. The lowest BCUT2D eigenvalue weighted by atomic mass is 9.42. The van der Waals surface area contributed by atoms with Gasteiger partial charge in [-0.3, -0.25) is 0 Å². The summed E-state index contributed by atoms with van der Waals surface area (Å²) >= 11 is 0. The summed E-state index contributed by atoms with van der Waals surface area (Å²) < 4.78 is 13.0. The first kappa shape index (κ1) is 21.3. The fourth-order valence-electron chi connectivity index (χ4n) is 7.90. The molecule has 170 valence electrons. The smallest absolute Gasteiger partial charge is 0.165 e. The van der Waals surface area contributed by atoms with Gasteiger partial charge in [-0.1, -0.05) is 38.5 Å². The van der Waals surface area contributed by atoms with Gasteiger partial charge in [0.1, 0.15) is 11.7 Å². The van der Waals surface area contributed by atoms with E-state index in [2.05, 4.69) is 44.0 Å². The molecule has 2 aliphatic heterocycles. The number of piperidine rings is 1. The Bertz CT molecular complexity index is 926. The molecular weight excluding hydrogens is 390 g/mol. The Kier molecular flexibility index (Phi) is 4.62. The highest BCUT2D eigenvalue weighted by atomic mass is 16.6. The fourth-order valence-corrected chi connectivity index (χ4v) is 7.90. The molecule has 31 heavy (non-hydrogen) atoms. The van der Waals surface area contributed by atoms with Crippen LogP contribution in [-0.2, 0) is 16.6 Å². The maximum absolute atomic E-state index is 11.2. The SMILES string of the molecule is CCCC(C)(O)CC1(OC)C=CC2(CC)[C@H]3Cc4ccc(O)c5c4C2(CCN3C)C1O5. The Morgan fingerprint density at radius 1 is 1.29 bits per heavy atom. The van der Waals surface area contributed by atoms with Crippen molar-refractivity contribution in [1.29, 1.82) is 0 Å². The molecule has 0 amide bonds. The van der Waals surface area contributed by atoms with E-state index < -0.39 is 11.2 Å².